The van der Waals surface area contributed by atoms with Gasteiger partial charge in [0, 0.05) is 31.7 Å². The Morgan fingerprint density at radius 2 is 2.09 bits per heavy atom. The summed E-state index contributed by atoms with van der Waals surface area (Å²) < 4.78 is 5.03. The lowest BCUT2D eigenvalue weighted by molar-refractivity contribution is 0.0948. The number of thiophene rings is 1. The van der Waals surface area contributed by atoms with Crippen LogP contribution in [-0.4, -0.2) is 32.7 Å². The molecule has 4 nitrogen and oxygen atoms in total. The van der Waals surface area contributed by atoms with E-state index in [-0.39, 0.29) is 5.91 Å². The Balaban J connectivity index is 2.11. The molecule has 1 aliphatic rings. The molecule has 0 fully saturated rings. The fourth-order valence-electron chi connectivity index (χ4n) is 2.73. The van der Waals surface area contributed by atoms with Crippen LogP contribution >= 0.6 is 11.3 Å². The minimum Gasteiger partial charge on any atom is -0.385 e. The number of methoxy groups -OCH3 is 1. The van der Waals surface area contributed by atoms with E-state index in [0.29, 0.717) is 19.1 Å². The van der Waals surface area contributed by atoms with E-state index in [1.165, 1.54) is 23.3 Å². The van der Waals surface area contributed by atoms with E-state index >= 15 is 0 Å². The number of fused-ring (bicyclic) bond motifs is 1. The molecule has 0 aliphatic heterocycles. The second-order valence-electron chi connectivity index (χ2n) is 6.29. The number of aryl methyl sites for hydroxylation is 1. The summed E-state index contributed by atoms with van der Waals surface area (Å²) in [6.45, 7) is 6.63. The van der Waals surface area contributed by atoms with Crippen LogP contribution in [0.4, 0.5) is 5.00 Å². The van der Waals surface area contributed by atoms with Gasteiger partial charge in [-0.3, -0.25) is 4.79 Å². The Labute approximate surface area is 137 Å². The molecule has 5 heteroatoms. The fraction of sp³-hybridized carbons (Fsp3) is 0.706. The number of hydrogen-bond acceptors (Lipinski definition) is 4. The van der Waals surface area contributed by atoms with Gasteiger partial charge in [-0.15, -0.1) is 11.3 Å². The quantitative estimate of drug-likeness (QED) is 0.720. The van der Waals surface area contributed by atoms with Gasteiger partial charge in [0.2, 0.25) is 0 Å². The molecular weight excluding hydrogens is 296 g/mol. The van der Waals surface area contributed by atoms with E-state index in [0.717, 1.165) is 36.4 Å². The summed E-state index contributed by atoms with van der Waals surface area (Å²) in [5, 5.41) is 7.59. The van der Waals surface area contributed by atoms with Crippen LogP contribution in [0.2, 0.25) is 0 Å². The molecule has 1 aromatic heterocycles. The SMILES string of the molecule is COCCCNC(=O)c1c(NCC(C)C)sc2c1CCCC2. The maximum Gasteiger partial charge on any atom is 0.254 e. The van der Waals surface area contributed by atoms with E-state index in [4.69, 9.17) is 4.74 Å². The molecule has 0 spiro atoms. The summed E-state index contributed by atoms with van der Waals surface area (Å²) in [7, 11) is 1.69. The number of hydrogen-bond donors (Lipinski definition) is 2. The fourth-order valence-corrected chi connectivity index (χ4v) is 4.03. The predicted octanol–water partition coefficient (Wildman–Crippen LogP) is 3.46. The van der Waals surface area contributed by atoms with Gasteiger partial charge in [0.05, 0.1) is 5.56 Å². The van der Waals surface area contributed by atoms with Crippen molar-refractivity contribution in [3.05, 3.63) is 16.0 Å². The van der Waals surface area contributed by atoms with Crippen molar-refractivity contribution in [3.8, 4) is 0 Å². The lowest BCUT2D eigenvalue weighted by Gasteiger charge is -2.14. The number of rotatable bonds is 8. The van der Waals surface area contributed by atoms with Gasteiger partial charge < -0.3 is 15.4 Å². The van der Waals surface area contributed by atoms with E-state index in [1.54, 1.807) is 18.4 Å². The summed E-state index contributed by atoms with van der Waals surface area (Å²) in [6.07, 6.45) is 5.44. The van der Waals surface area contributed by atoms with Gasteiger partial charge >= 0.3 is 0 Å². The molecule has 1 aromatic rings. The van der Waals surface area contributed by atoms with Crippen molar-refractivity contribution in [2.45, 2.75) is 46.0 Å². The second-order valence-corrected chi connectivity index (χ2v) is 7.40. The van der Waals surface area contributed by atoms with Crippen LogP contribution in [0.5, 0.6) is 0 Å². The first kappa shape index (κ1) is 17.3. The average Bonchev–Trinajstić information content (AvgIpc) is 2.87. The van der Waals surface area contributed by atoms with Crippen LogP contribution in [0, 0.1) is 5.92 Å². The van der Waals surface area contributed by atoms with Crippen molar-refractivity contribution in [2.75, 3.05) is 32.1 Å². The third-order valence-electron chi connectivity index (χ3n) is 3.88. The minimum absolute atomic E-state index is 0.0711. The molecule has 0 radical (unpaired) electrons. The summed E-state index contributed by atoms with van der Waals surface area (Å²) in [5.74, 6) is 0.638. The number of amides is 1. The van der Waals surface area contributed by atoms with Crippen molar-refractivity contribution in [2.24, 2.45) is 5.92 Å². The van der Waals surface area contributed by atoms with Crippen LogP contribution < -0.4 is 10.6 Å². The molecule has 1 heterocycles. The van der Waals surface area contributed by atoms with Gasteiger partial charge in [-0.05, 0) is 43.6 Å². The molecule has 0 bridgehead atoms. The van der Waals surface area contributed by atoms with E-state index in [1.807, 2.05) is 0 Å². The zero-order valence-corrected chi connectivity index (χ0v) is 14.8. The zero-order valence-electron chi connectivity index (χ0n) is 14.0. The normalized spacial score (nSPS) is 14.0. The highest BCUT2D eigenvalue weighted by atomic mass is 32.1. The number of nitrogens with one attached hydrogen (secondary N) is 2. The van der Waals surface area contributed by atoms with Gasteiger partial charge in [0.25, 0.3) is 5.91 Å². The van der Waals surface area contributed by atoms with Crippen LogP contribution in [0.3, 0.4) is 0 Å². The molecule has 1 aliphatic carbocycles. The number of ether oxygens (including phenoxy) is 1. The summed E-state index contributed by atoms with van der Waals surface area (Å²) in [6, 6.07) is 0. The first-order valence-corrected chi connectivity index (χ1v) is 9.10. The van der Waals surface area contributed by atoms with Crippen molar-refractivity contribution in [1.29, 1.82) is 0 Å². The van der Waals surface area contributed by atoms with Crippen molar-refractivity contribution >= 4 is 22.2 Å². The number of carbonyl (C=O) groups is 1. The first-order chi connectivity index (χ1) is 10.6. The second kappa shape index (κ2) is 8.53. The molecule has 0 saturated carbocycles. The van der Waals surface area contributed by atoms with Gasteiger partial charge in [0.15, 0.2) is 0 Å². The molecule has 2 rings (SSSR count). The Morgan fingerprint density at radius 3 is 2.82 bits per heavy atom. The van der Waals surface area contributed by atoms with E-state index in [2.05, 4.69) is 24.5 Å². The number of anilines is 1. The zero-order chi connectivity index (χ0) is 15.9. The molecule has 22 heavy (non-hydrogen) atoms. The van der Waals surface area contributed by atoms with E-state index < -0.39 is 0 Å². The molecule has 1 amide bonds. The third-order valence-corrected chi connectivity index (χ3v) is 5.13. The summed E-state index contributed by atoms with van der Waals surface area (Å²) in [4.78, 5) is 14.0. The molecule has 0 unspecified atom stereocenters. The average molecular weight is 324 g/mol. The van der Waals surface area contributed by atoms with E-state index in [9.17, 15) is 4.79 Å². The lowest BCUT2D eigenvalue weighted by Crippen LogP contribution is -2.27. The number of carbonyl (C=O) groups excluding carboxylic acids is 1. The largest absolute Gasteiger partial charge is 0.385 e. The Kier molecular flexibility index (Phi) is 6.70. The Hall–Kier alpha value is -1.07. The highest BCUT2D eigenvalue weighted by Crippen LogP contribution is 2.38. The summed E-state index contributed by atoms with van der Waals surface area (Å²) in [5.41, 5.74) is 2.18. The molecular formula is C17H28N2O2S. The van der Waals surface area contributed by atoms with Gasteiger partial charge in [-0.2, -0.15) is 0 Å². The summed E-state index contributed by atoms with van der Waals surface area (Å²) >= 11 is 1.78. The topological polar surface area (TPSA) is 50.4 Å². The molecule has 2 N–H and O–H groups in total. The standard InChI is InChI=1S/C17H28N2O2S/c1-12(2)11-19-17-15(16(20)18-9-6-10-21-3)13-7-4-5-8-14(13)22-17/h12,19H,4-11H2,1-3H3,(H,18,20). The lowest BCUT2D eigenvalue weighted by atomic mass is 9.95. The van der Waals surface area contributed by atoms with Crippen molar-refractivity contribution in [1.82, 2.24) is 5.32 Å². The van der Waals surface area contributed by atoms with Gasteiger partial charge in [0.1, 0.15) is 5.00 Å². The van der Waals surface area contributed by atoms with Crippen LogP contribution in [0.15, 0.2) is 0 Å². The van der Waals surface area contributed by atoms with Crippen molar-refractivity contribution in [3.63, 3.8) is 0 Å². The highest BCUT2D eigenvalue weighted by molar-refractivity contribution is 7.16. The molecule has 0 atom stereocenters. The Bertz CT molecular complexity index is 497. The van der Waals surface area contributed by atoms with Crippen LogP contribution in [-0.2, 0) is 17.6 Å². The third kappa shape index (κ3) is 4.46. The maximum atomic E-state index is 12.6. The van der Waals surface area contributed by atoms with Gasteiger partial charge in [-0.25, -0.2) is 0 Å². The van der Waals surface area contributed by atoms with Crippen LogP contribution in [0.25, 0.3) is 0 Å². The predicted molar refractivity (Wildman–Crippen MR) is 93.1 cm³/mol. The first-order valence-electron chi connectivity index (χ1n) is 8.29. The minimum atomic E-state index is 0.0711. The molecule has 124 valence electrons. The highest BCUT2D eigenvalue weighted by Gasteiger charge is 2.25. The maximum absolute atomic E-state index is 12.6. The van der Waals surface area contributed by atoms with Crippen LogP contribution in [0.1, 0.15) is 53.9 Å². The smallest absolute Gasteiger partial charge is 0.254 e. The van der Waals surface area contributed by atoms with Crippen molar-refractivity contribution < 1.29 is 9.53 Å². The Morgan fingerprint density at radius 1 is 1.32 bits per heavy atom. The van der Waals surface area contributed by atoms with Gasteiger partial charge in [-0.1, -0.05) is 13.8 Å². The molecule has 0 aromatic carbocycles. The molecule has 0 saturated heterocycles. The monoisotopic (exact) mass is 324 g/mol.